The van der Waals surface area contributed by atoms with Crippen molar-refractivity contribution in [3.8, 4) is 11.3 Å². The summed E-state index contributed by atoms with van der Waals surface area (Å²) in [5.41, 5.74) is 1.86. The number of hydrogen-bond donors (Lipinski definition) is 0. The van der Waals surface area contributed by atoms with E-state index >= 15 is 0 Å². The van der Waals surface area contributed by atoms with E-state index < -0.39 is 25.0 Å². The summed E-state index contributed by atoms with van der Waals surface area (Å²) < 4.78 is 41.7. The molecule has 0 bridgehead atoms. The Kier molecular flexibility index (Phi) is 4.44. The molecule has 0 saturated carbocycles. The van der Waals surface area contributed by atoms with E-state index in [1.165, 1.54) is 10.5 Å². The van der Waals surface area contributed by atoms with Gasteiger partial charge in [0, 0.05) is 0 Å². The van der Waals surface area contributed by atoms with E-state index in [2.05, 4.69) is 29.4 Å². The van der Waals surface area contributed by atoms with Crippen LogP contribution in [0.5, 0.6) is 0 Å². The number of benzene rings is 1. The van der Waals surface area contributed by atoms with Crippen LogP contribution in [0.25, 0.3) is 11.3 Å². The van der Waals surface area contributed by atoms with Crippen LogP contribution in [0.3, 0.4) is 0 Å². The van der Waals surface area contributed by atoms with Crippen molar-refractivity contribution in [1.82, 2.24) is 0 Å². The minimum atomic E-state index is -4.30. The molecule has 2 rings (SSSR count). The fraction of sp³-hybridized carbons (Fsp3) is 0.353. The Bertz CT molecular complexity index is 700. The molecule has 22 heavy (non-hydrogen) atoms. The SMILES string of the molecule is Cc1cc(C(F)(F)F)ccc1-c1c[c]([Ge]([CH3])([CH3])[CH3])cc[n+]1C. The molecule has 0 radical (unpaired) electrons. The molecule has 0 aliphatic carbocycles. The molecule has 0 unspecified atom stereocenters. The van der Waals surface area contributed by atoms with Gasteiger partial charge in [0.15, 0.2) is 0 Å². The van der Waals surface area contributed by atoms with E-state index in [1.807, 2.05) is 17.8 Å². The number of hydrogen-bond acceptors (Lipinski definition) is 0. The van der Waals surface area contributed by atoms with Gasteiger partial charge in [-0.05, 0) is 0 Å². The van der Waals surface area contributed by atoms with E-state index in [4.69, 9.17) is 0 Å². The third-order valence-corrected chi connectivity index (χ3v) is 8.13. The van der Waals surface area contributed by atoms with Crippen LogP contribution < -0.4 is 8.96 Å². The van der Waals surface area contributed by atoms with Crippen molar-refractivity contribution in [3.63, 3.8) is 0 Å². The Balaban J connectivity index is 2.57. The van der Waals surface area contributed by atoms with Gasteiger partial charge in [0.05, 0.1) is 0 Å². The first-order chi connectivity index (χ1) is 10.00. The normalized spacial score (nSPS) is 12.5. The molecular formula is C17H21F3GeN+. The van der Waals surface area contributed by atoms with Crippen molar-refractivity contribution in [1.29, 1.82) is 0 Å². The number of nitrogens with zero attached hydrogens (tertiary/aromatic N) is 1. The topological polar surface area (TPSA) is 3.88 Å². The predicted molar refractivity (Wildman–Crippen MR) is 85.8 cm³/mol. The Morgan fingerprint density at radius 1 is 1.00 bits per heavy atom. The summed E-state index contributed by atoms with van der Waals surface area (Å²) in [5.74, 6) is 6.91. The van der Waals surface area contributed by atoms with Crippen molar-refractivity contribution in [3.05, 3.63) is 47.7 Å². The average molecular weight is 369 g/mol. The van der Waals surface area contributed by atoms with Crippen LogP contribution >= 0.6 is 0 Å². The number of alkyl halides is 3. The van der Waals surface area contributed by atoms with Gasteiger partial charge in [-0.2, -0.15) is 0 Å². The van der Waals surface area contributed by atoms with E-state index in [1.54, 1.807) is 13.0 Å². The molecule has 1 aromatic carbocycles. The fourth-order valence-electron chi connectivity index (χ4n) is 2.43. The number of pyridine rings is 1. The first-order valence-corrected chi connectivity index (χ1v) is 14.5. The Morgan fingerprint density at radius 2 is 1.64 bits per heavy atom. The van der Waals surface area contributed by atoms with Gasteiger partial charge in [0.2, 0.25) is 0 Å². The summed E-state index contributed by atoms with van der Waals surface area (Å²) in [4.78, 5) is 0. The average Bonchev–Trinajstić information content (AvgIpc) is 2.37. The molecule has 0 atom stereocenters. The van der Waals surface area contributed by atoms with Crippen LogP contribution in [0.4, 0.5) is 13.2 Å². The fourth-order valence-corrected chi connectivity index (χ4v) is 4.83. The van der Waals surface area contributed by atoms with Crippen LogP contribution in [0.2, 0.25) is 17.3 Å². The second kappa shape index (κ2) is 5.72. The van der Waals surface area contributed by atoms with E-state index in [9.17, 15) is 13.2 Å². The van der Waals surface area contributed by atoms with Gasteiger partial charge < -0.3 is 0 Å². The monoisotopic (exact) mass is 370 g/mol. The molecule has 118 valence electrons. The van der Waals surface area contributed by atoms with Crippen molar-refractivity contribution in [2.24, 2.45) is 7.05 Å². The molecule has 0 spiro atoms. The second-order valence-electron chi connectivity index (χ2n) is 6.69. The summed E-state index contributed by atoms with van der Waals surface area (Å²) >= 11 is -1.98. The van der Waals surface area contributed by atoms with Crippen LogP contribution in [-0.4, -0.2) is 13.3 Å². The van der Waals surface area contributed by atoms with E-state index in [0.29, 0.717) is 5.56 Å². The molecule has 0 saturated heterocycles. The summed E-state index contributed by atoms with van der Waals surface area (Å²) in [7, 11) is 1.92. The van der Waals surface area contributed by atoms with Crippen molar-refractivity contribution in [2.75, 3.05) is 0 Å². The zero-order chi connectivity index (χ0) is 16.7. The van der Waals surface area contributed by atoms with Crippen LogP contribution in [0.15, 0.2) is 36.5 Å². The maximum absolute atomic E-state index is 12.8. The van der Waals surface area contributed by atoms with Crippen molar-refractivity contribution >= 4 is 17.7 Å². The van der Waals surface area contributed by atoms with E-state index in [0.717, 1.165) is 17.3 Å². The first-order valence-electron chi connectivity index (χ1n) is 7.18. The summed E-state index contributed by atoms with van der Waals surface area (Å²) in [5, 5.41) is 0. The summed E-state index contributed by atoms with van der Waals surface area (Å²) in [6.45, 7) is 1.73. The molecule has 2 aromatic rings. The number of halogens is 3. The number of aromatic nitrogens is 1. The van der Waals surface area contributed by atoms with Gasteiger partial charge in [-0.3, -0.25) is 0 Å². The molecule has 0 aliphatic rings. The van der Waals surface area contributed by atoms with Gasteiger partial charge in [0.1, 0.15) is 0 Å². The zero-order valence-corrected chi connectivity index (χ0v) is 15.6. The second-order valence-corrected chi connectivity index (χ2v) is 17.3. The Morgan fingerprint density at radius 3 is 2.14 bits per heavy atom. The first kappa shape index (κ1) is 17.1. The molecule has 1 nitrogen and oxygen atoms in total. The van der Waals surface area contributed by atoms with Crippen molar-refractivity contribution in [2.45, 2.75) is 30.4 Å². The van der Waals surface area contributed by atoms with Gasteiger partial charge in [-0.1, -0.05) is 0 Å². The third-order valence-electron chi connectivity index (χ3n) is 3.85. The zero-order valence-electron chi connectivity index (χ0n) is 13.5. The standard InChI is InChI=1S/C17H21F3GeN/c1-12-10-13(17(18,19)20)6-7-15(12)16-11-14(21(2,3)4)8-9-22(16)5/h6-11H,1-5H3/q+1. The van der Waals surface area contributed by atoms with Crippen LogP contribution in [0.1, 0.15) is 11.1 Å². The molecule has 1 aromatic heterocycles. The maximum atomic E-state index is 12.8. The molecule has 0 fully saturated rings. The summed E-state index contributed by atoms with van der Waals surface area (Å²) in [6, 6.07) is 8.22. The third kappa shape index (κ3) is 3.54. The van der Waals surface area contributed by atoms with Crippen LogP contribution in [-0.2, 0) is 13.2 Å². The number of aryl methyl sites for hydroxylation is 2. The Hall–Kier alpha value is -1.30. The molecule has 5 heteroatoms. The van der Waals surface area contributed by atoms with Gasteiger partial charge >= 0.3 is 132 Å². The number of rotatable bonds is 2. The molecule has 1 heterocycles. The quantitative estimate of drug-likeness (QED) is 0.556. The molecular weight excluding hydrogens is 348 g/mol. The predicted octanol–water partition coefficient (Wildman–Crippen LogP) is 4.05. The Labute approximate surface area is 132 Å². The van der Waals surface area contributed by atoms with E-state index in [-0.39, 0.29) is 0 Å². The minimum absolute atomic E-state index is 0.596. The van der Waals surface area contributed by atoms with Crippen LogP contribution in [0, 0.1) is 6.92 Å². The van der Waals surface area contributed by atoms with Crippen molar-refractivity contribution < 1.29 is 17.7 Å². The van der Waals surface area contributed by atoms with Gasteiger partial charge in [-0.15, -0.1) is 0 Å². The summed E-state index contributed by atoms with van der Waals surface area (Å²) in [6.07, 6.45) is -2.30. The van der Waals surface area contributed by atoms with Gasteiger partial charge in [0.25, 0.3) is 0 Å². The molecule has 0 amide bonds. The molecule has 0 N–H and O–H groups in total. The molecule has 0 aliphatic heterocycles. The van der Waals surface area contributed by atoms with Gasteiger partial charge in [-0.25, -0.2) is 0 Å².